The highest BCUT2D eigenvalue weighted by molar-refractivity contribution is 9.10. The van der Waals surface area contributed by atoms with E-state index in [-0.39, 0.29) is 28.7 Å². The smallest absolute Gasteiger partial charge is 0.293 e. The van der Waals surface area contributed by atoms with E-state index < -0.39 is 0 Å². The fourth-order valence-corrected chi connectivity index (χ4v) is 4.92. The molecule has 1 N–H and O–H groups in total. The van der Waals surface area contributed by atoms with Crippen LogP contribution in [0.15, 0.2) is 46.0 Å². The normalized spacial score (nSPS) is 18.3. The number of carbonyl (C=O) groups is 3. The highest BCUT2D eigenvalue weighted by Gasteiger charge is 2.32. The van der Waals surface area contributed by atoms with Gasteiger partial charge in [-0.15, -0.1) is 0 Å². The summed E-state index contributed by atoms with van der Waals surface area (Å²) < 4.78 is 6.49. The molecule has 3 amide bonds. The van der Waals surface area contributed by atoms with E-state index in [0.29, 0.717) is 46.0 Å². The number of carbonyl (C=O) groups excluding carboxylic acids is 3. The lowest BCUT2D eigenvalue weighted by Crippen LogP contribution is -2.39. The van der Waals surface area contributed by atoms with Crippen molar-refractivity contribution in [2.45, 2.75) is 12.8 Å². The summed E-state index contributed by atoms with van der Waals surface area (Å²) in [5.74, 6) is 0.168. The van der Waals surface area contributed by atoms with Crippen molar-refractivity contribution in [2.24, 2.45) is 5.92 Å². The Morgan fingerprint density at radius 1 is 1.27 bits per heavy atom. The molecule has 0 radical (unpaired) electrons. The van der Waals surface area contributed by atoms with E-state index in [9.17, 15) is 19.5 Å². The highest BCUT2D eigenvalue weighted by Crippen LogP contribution is 2.37. The van der Waals surface area contributed by atoms with Gasteiger partial charge in [-0.3, -0.25) is 24.3 Å². The van der Waals surface area contributed by atoms with Crippen molar-refractivity contribution in [3.8, 4) is 11.5 Å². The average molecular weight is 532 g/mol. The molecular weight excluding hydrogens is 510 g/mol. The lowest BCUT2D eigenvalue weighted by molar-refractivity contribution is -0.121. The number of rotatable bonds is 5. The summed E-state index contributed by atoms with van der Waals surface area (Å²) in [5, 5.41) is 9.99. The van der Waals surface area contributed by atoms with E-state index in [1.165, 1.54) is 13.1 Å². The Morgan fingerprint density at radius 3 is 2.61 bits per heavy atom. The molecule has 0 unspecified atom stereocenters. The van der Waals surface area contributed by atoms with Gasteiger partial charge >= 0.3 is 0 Å². The number of imide groups is 1. The van der Waals surface area contributed by atoms with Crippen molar-refractivity contribution in [3.63, 3.8) is 0 Å². The Hall–Kier alpha value is -2.85. The molecular formula is C23H22BrN3O5S. The molecule has 172 valence electrons. The molecule has 0 bridgehead atoms. The van der Waals surface area contributed by atoms with Gasteiger partial charge in [0.25, 0.3) is 17.1 Å². The van der Waals surface area contributed by atoms with Gasteiger partial charge in [0.15, 0.2) is 11.5 Å². The quantitative estimate of drug-likeness (QED) is 0.578. The van der Waals surface area contributed by atoms with Gasteiger partial charge in [-0.1, -0.05) is 15.9 Å². The molecule has 2 aromatic rings. The van der Waals surface area contributed by atoms with Crippen LogP contribution in [0, 0.1) is 5.92 Å². The zero-order chi connectivity index (χ0) is 23.5. The van der Waals surface area contributed by atoms with Gasteiger partial charge in [-0.05, 0) is 66.4 Å². The number of hydrogen-bond donors (Lipinski definition) is 1. The second-order valence-electron chi connectivity index (χ2n) is 7.86. The molecule has 0 spiro atoms. The maximum absolute atomic E-state index is 12.6. The number of thioether (sulfide) groups is 1. The monoisotopic (exact) mass is 531 g/mol. The zero-order valence-corrected chi connectivity index (χ0v) is 20.3. The summed E-state index contributed by atoms with van der Waals surface area (Å²) in [5.41, 5.74) is 1.26. The van der Waals surface area contributed by atoms with Gasteiger partial charge in [0, 0.05) is 42.6 Å². The molecule has 4 rings (SSSR count). The van der Waals surface area contributed by atoms with E-state index in [4.69, 9.17) is 4.74 Å². The number of aromatic nitrogens is 1. The Labute approximate surface area is 203 Å². The van der Waals surface area contributed by atoms with Crippen LogP contribution in [0.4, 0.5) is 4.79 Å². The van der Waals surface area contributed by atoms with Gasteiger partial charge in [0.2, 0.25) is 0 Å². The summed E-state index contributed by atoms with van der Waals surface area (Å²) in [6.07, 6.45) is 6.42. The van der Waals surface area contributed by atoms with Crippen molar-refractivity contribution < 1.29 is 24.2 Å². The first-order valence-electron chi connectivity index (χ1n) is 10.4. The number of phenolic OH excluding ortho intramolecular Hbond substituents is 1. The molecule has 10 heteroatoms. The van der Waals surface area contributed by atoms with Crippen LogP contribution in [0.25, 0.3) is 6.08 Å². The predicted octanol–water partition coefficient (Wildman–Crippen LogP) is 4.15. The standard InChI is InChI=1S/C23H22BrN3O5S/c1-26-22(30)20(33-23(26)31)11-16-10-19(18(28)12-17(16)24)32-13-14-4-8-27(9-5-14)21(29)15-2-6-25-7-3-15/h2-3,6-7,10-12,14,28H,4-5,8-9,13H2,1H3/b20-11-. The fraction of sp³-hybridized carbons (Fsp3) is 0.304. The Bertz CT molecular complexity index is 1120. The molecule has 2 saturated heterocycles. The van der Waals surface area contributed by atoms with Gasteiger partial charge in [-0.2, -0.15) is 0 Å². The maximum atomic E-state index is 12.6. The first kappa shape index (κ1) is 23.3. The molecule has 8 nitrogen and oxygen atoms in total. The van der Waals surface area contributed by atoms with Gasteiger partial charge < -0.3 is 14.7 Å². The average Bonchev–Trinajstić information content (AvgIpc) is 3.07. The third-order valence-electron chi connectivity index (χ3n) is 5.65. The Kier molecular flexibility index (Phi) is 7.04. The fourth-order valence-electron chi connectivity index (χ4n) is 3.66. The summed E-state index contributed by atoms with van der Waals surface area (Å²) in [4.78, 5) is 43.6. The molecule has 3 heterocycles. The van der Waals surface area contributed by atoms with Crippen LogP contribution in [-0.2, 0) is 4.79 Å². The summed E-state index contributed by atoms with van der Waals surface area (Å²) in [6.45, 7) is 1.68. The van der Waals surface area contributed by atoms with Gasteiger partial charge in [0.05, 0.1) is 11.5 Å². The molecule has 0 saturated carbocycles. The van der Waals surface area contributed by atoms with Gasteiger partial charge in [0.1, 0.15) is 0 Å². The van der Waals surface area contributed by atoms with E-state index in [1.54, 1.807) is 36.7 Å². The first-order chi connectivity index (χ1) is 15.8. The number of hydrogen-bond acceptors (Lipinski definition) is 7. The third kappa shape index (κ3) is 5.22. The lowest BCUT2D eigenvalue weighted by Gasteiger charge is -2.32. The van der Waals surface area contributed by atoms with Crippen molar-refractivity contribution in [3.05, 3.63) is 57.2 Å². The third-order valence-corrected chi connectivity index (χ3v) is 7.30. The van der Waals surface area contributed by atoms with E-state index in [1.807, 2.05) is 4.90 Å². The number of pyridine rings is 1. The van der Waals surface area contributed by atoms with Crippen LogP contribution < -0.4 is 4.74 Å². The predicted molar refractivity (Wildman–Crippen MR) is 128 cm³/mol. The number of aromatic hydroxyl groups is 1. The molecule has 1 aromatic carbocycles. The Morgan fingerprint density at radius 2 is 1.97 bits per heavy atom. The van der Waals surface area contributed by atoms with Crippen molar-refractivity contribution in [1.29, 1.82) is 0 Å². The minimum absolute atomic E-state index is 0.00320. The second-order valence-corrected chi connectivity index (χ2v) is 9.71. The van der Waals surface area contributed by atoms with Crippen LogP contribution in [0.5, 0.6) is 11.5 Å². The number of halogens is 1. The zero-order valence-electron chi connectivity index (χ0n) is 17.9. The molecule has 1 aromatic heterocycles. The number of piperidine rings is 1. The SMILES string of the molecule is CN1C(=O)S/C(=C\c2cc(OCC3CCN(C(=O)c4ccncc4)CC3)c(O)cc2Br)C1=O. The lowest BCUT2D eigenvalue weighted by atomic mass is 9.97. The Balaban J connectivity index is 1.37. The van der Waals surface area contributed by atoms with E-state index in [0.717, 1.165) is 29.5 Å². The van der Waals surface area contributed by atoms with Crippen molar-refractivity contribution >= 4 is 50.8 Å². The molecule has 2 fully saturated rings. The number of amides is 3. The number of benzene rings is 1. The van der Waals surface area contributed by atoms with Crippen molar-refractivity contribution in [1.82, 2.24) is 14.8 Å². The van der Waals surface area contributed by atoms with Crippen LogP contribution in [-0.4, -0.2) is 63.7 Å². The topological polar surface area (TPSA) is 100 Å². The van der Waals surface area contributed by atoms with Crippen molar-refractivity contribution in [2.75, 3.05) is 26.7 Å². The number of phenols is 1. The van der Waals surface area contributed by atoms with E-state index >= 15 is 0 Å². The minimum Gasteiger partial charge on any atom is -0.504 e. The number of ether oxygens (including phenoxy) is 1. The maximum Gasteiger partial charge on any atom is 0.293 e. The van der Waals surface area contributed by atoms with Crippen LogP contribution in [0.2, 0.25) is 0 Å². The largest absolute Gasteiger partial charge is 0.504 e. The summed E-state index contributed by atoms with van der Waals surface area (Å²) in [7, 11) is 1.44. The molecule has 0 aliphatic carbocycles. The second kappa shape index (κ2) is 9.96. The van der Waals surface area contributed by atoms with Gasteiger partial charge in [-0.25, -0.2) is 0 Å². The number of likely N-dealkylation sites (N-methyl/N-ethyl adjacent to an activating group) is 1. The first-order valence-corrected chi connectivity index (χ1v) is 12.0. The minimum atomic E-state index is -0.361. The molecule has 0 atom stereocenters. The van der Waals surface area contributed by atoms with Crippen LogP contribution in [0.3, 0.4) is 0 Å². The molecule has 2 aliphatic rings. The van der Waals surface area contributed by atoms with Crippen LogP contribution >= 0.6 is 27.7 Å². The molecule has 33 heavy (non-hydrogen) atoms. The molecule has 2 aliphatic heterocycles. The number of likely N-dealkylation sites (tertiary alicyclic amines) is 1. The number of nitrogens with zero attached hydrogens (tertiary/aromatic N) is 3. The van der Waals surface area contributed by atoms with E-state index in [2.05, 4.69) is 20.9 Å². The summed E-state index contributed by atoms with van der Waals surface area (Å²) in [6, 6.07) is 6.58. The summed E-state index contributed by atoms with van der Waals surface area (Å²) >= 11 is 4.26. The van der Waals surface area contributed by atoms with Crippen LogP contribution in [0.1, 0.15) is 28.8 Å². The highest BCUT2D eigenvalue weighted by atomic mass is 79.9.